The van der Waals surface area contributed by atoms with Gasteiger partial charge >= 0.3 is 0 Å². The number of allylic oxidation sites excluding steroid dienone is 1. The molecule has 0 fully saturated rings. The Morgan fingerprint density at radius 1 is 0.733 bits per heavy atom. The third-order valence-electron chi connectivity index (χ3n) is 6.27. The number of benzene rings is 3. The molecule has 1 atom stereocenters. The van der Waals surface area contributed by atoms with Crippen molar-refractivity contribution < 1.29 is 19.1 Å². The highest BCUT2D eigenvalue weighted by Crippen LogP contribution is 2.55. The number of hydrogen-bond donors (Lipinski definition) is 1. The molecule has 5 nitrogen and oxygen atoms in total. The van der Waals surface area contributed by atoms with Crippen molar-refractivity contribution in [1.82, 2.24) is 5.32 Å². The number of hydrogen-bond acceptors (Lipinski definition) is 4. The molecule has 1 aliphatic heterocycles. The molecule has 1 amide bonds. The average molecular weight is 393 g/mol. The molecule has 3 aromatic rings. The second-order valence-corrected chi connectivity index (χ2v) is 7.62. The van der Waals surface area contributed by atoms with Crippen LogP contribution in [0.5, 0.6) is 5.75 Å². The van der Waals surface area contributed by atoms with E-state index in [1.165, 1.54) is 0 Å². The maximum atomic E-state index is 13.8. The van der Waals surface area contributed by atoms with Crippen LogP contribution in [-0.4, -0.2) is 24.6 Å². The van der Waals surface area contributed by atoms with Gasteiger partial charge in [-0.1, -0.05) is 48.5 Å². The molecule has 1 spiro atoms. The maximum absolute atomic E-state index is 13.8. The van der Waals surface area contributed by atoms with Gasteiger partial charge in [0.05, 0.1) is 7.11 Å². The third kappa shape index (κ3) is 1.80. The first kappa shape index (κ1) is 16.9. The summed E-state index contributed by atoms with van der Waals surface area (Å²) in [7, 11) is 1.55. The van der Waals surface area contributed by atoms with Crippen LogP contribution in [0.15, 0.2) is 72.3 Å². The van der Waals surface area contributed by atoms with Crippen molar-refractivity contribution in [2.75, 3.05) is 7.11 Å². The summed E-state index contributed by atoms with van der Waals surface area (Å²) in [5, 5.41) is 3.06. The van der Waals surface area contributed by atoms with Crippen molar-refractivity contribution in [1.29, 1.82) is 0 Å². The van der Waals surface area contributed by atoms with Crippen molar-refractivity contribution in [2.24, 2.45) is 0 Å². The van der Waals surface area contributed by atoms with E-state index in [1.807, 2.05) is 18.2 Å². The molecule has 0 radical (unpaired) electrons. The molecule has 1 N–H and O–H groups in total. The minimum absolute atomic E-state index is 0.217. The van der Waals surface area contributed by atoms with Crippen molar-refractivity contribution >= 4 is 23.0 Å². The van der Waals surface area contributed by atoms with Crippen LogP contribution in [0.4, 0.5) is 0 Å². The summed E-state index contributed by atoms with van der Waals surface area (Å²) in [6.07, 6.45) is 0. The predicted molar refractivity (Wildman–Crippen MR) is 110 cm³/mol. The van der Waals surface area contributed by atoms with Crippen molar-refractivity contribution in [3.05, 3.63) is 106 Å². The summed E-state index contributed by atoms with van der Waals surface area (Å²) in [6.45, 7) is 0. The summed E-state index contributed by atoms with van der Waals surface area (Å²) in [5.41, 5.74) is 2.72. The topological polar surface area (TPSA) is 72.5 Å². The molecular weight excluding hydrogens is 378 g/mol. The quantitative estimate of drug-likeness (QED) is 0.687. The van der Waals surface area contributed by atoms with E-state index in [0.29, 0.717) is 50.3 Å². The number of ketones is 2. The second kappa shape index (κ2) is 5.54. The Kier molecular flexibility index (Phi) is 3.12. The average Bonchev–Trinajstić information content (AvgIpc) is 3.24. The van der Waals surface area contributed by atoms with Gasteiger partial charge in [-0.2, -0.15) is 0 Å². The minimum Gasteiger partial charge on any atom is -0.497 e. The zero-order chi connectivity index (χ0) is 20.6. The second-order valence-electron chi connectivity index (χ2n) is 7.62. The molecule has 6 rings (SSSR count). The van der Waals surface area contributed by atoms with Gasteiger partial charge in [0.2, 0.25) is 0 Å². The number of amides is 1. The molecular formula is C25H15NO4. The first-order valence-electron chi connectivity index (χ1n) is 9.62. The maximum Gasteiger partial charge on any atom is 0.252 e. The molecule has 0 saturated heterocycles. The van der Waals surface area contributed by atoms with E-state index in [9.17, 15) is 14.4 Å². The van der Waals surface area contributed by atoms with E-state index in [1.54, 1.807) is 55.6 Å². The standard InChI is InChI=1S/C25H15NO4/c1-30-13-10-11-19-17(12-13)20-21(23(28)15-7-3-2-6-14(15)22(20)27)25(19)18-9-5-4-8-16(18)24(29)26-25/h2-12H,1H3,(H,26,29). The van der Waals surface area contributed by atoms with Crippen LogP contribution < -0.4 is 10.1 Å². The number of Topliss-reactive ketones (excluding diaryl/α,β-unsaturated/α-hetero) is 2. The zero-order valence-corrected chi connectivity index (χ0v) is 16.0. The Hall–Kier alpha value is -3.99. The van der Waals surface area contributed by atoms with Crippen molar-refractivity contribution in [3.63, 3.8) is 0 Å². The lowest BCUT2D eigenvalue weighted by atomic mass is 9.75. The van der Waals surface area contributed by atoms with E-state index in [0.717, 1.165) is 0 Å². The van der Waals surface area contributed by atoms with E-state index in [4.69, 9.17) is 4.74 Å². The monoisotopic (exact) mass is 393 g/mol. The number of rotatable bonds is 1. The largest absolute Gasteiger partial charge is 0.497 e. The Morgan fingerprint density at radius 3 is 2.10 bits per heavy atom. The fourth-order valence-corrected chi connectivity index (χ4v) is 5.03. The summed E-state index contributed by atoms with van der Waals surface area (Å²) in [5.74, 6) is -0.146. The van der Waals surface area contributed by atoms with Gasteiger partial charge in [-0.15, -0.1) is 0 Å². The summed E-state index contributed by atoms with van der Waals surface area (Å²) < 4.78 is 5.39. The van der Waals surface area contributed by atoms with Crippen LogP contribution in [0.2, 0.25) is 0 Å². The highest BCUT2D eigenvalue weighted by atomic mass is 16.5. The zero-order valence-electron chi connectivity index (χ0n) is 16.0. The minimum atomic E-state index is -1.19. The number of methoxy groups -OCH3 is 1. The lowest BCUT2D eigenvalue weighted by Crippen LogP contribution is -2.44. The van der Waals surface area contributed by atoms with Crippen molar-refractivity contribution in [2.45, 2.75) is 5.54 Å². The van der Waals surface area contributed by atoms with Gasteiger partial charge in [-0.25, -0.2) is 0 Å². The first-order chi connectivity index (χ1) is 14.6. The molecule has 1 unspecified atom stereocenters. The van der Waals surface area contributed by atoms with Gasteiger partial charge in [0, 0.05) is 27.8 Å². The molecule has 0 bridgehead atoms. The molecule has 2 aliphatic carbocycles. The van der Waals surface area contributed by atoms with Gasteiger partial charge in [-0.3, -0.25) is 14.4 Å². The smallest absolute Gasteiger partial charge is 0.252 e. The fraction of sp³-hybridized carbons (Fsp3) is 0.0800. The van der Waals surface area contributed by atoms with Crippen molar-refractivity contribution in [3.8, 4) is 5.75 Å². The van der Waals surface area contributed by atoms with Crippen LogP contribution in [0.3, 0.4) is 0 Å². The summed E-state index contributed by atoms with van der Waals surface area (Å²) >= 11 is 0. The van der Waals surface area contributed by atoms with Gasteiger partial charge in [0.25, 0.3) is 5.91 Å². The van der Waals surface area contributed by atoms with Gasteiger partial charge in [-0.05, 0) is 34.9 Å². The number of carbonyl (C=O) groups excluding carboxylic acids is 3. The lowest BCUT2D eigenvalue weighted by molar-refractivity contribution is 0.0934. The van der Waals surface area contributed by atoms with Gasteiger partial charge in [0.1, 0.15) is 11.3 Å². The molecule has 3 aromatic carbocycles. The molecule has 5 heteroatoms. The van der Waals surface area contributed by atoms with Crippen LogP contribution >= 0.6 is 0 Å². The van der Waals surface area contributed by atoms with Gasteiger partial charge < -0.3 is 10.1 Å². The van der Waals surface area contributed by atoms with Crippen LogP contribution in [-0.2, 0) is 5.54 Å². The number of carbonyl (C=O) groups is 3. The highest BCUT2D eigenvalue weighted by molar-refractivity contribution is 6.43. The fourth-order valence-electron chi connectivity index (χ4n) is 5.03. The van der Waals surface area contributed by atoms with Crippen LogP contribution in [0, 0.1) is 0 Å². The van der Waals surface area contributed by atoms with E-state index in [-0.39, 0.29) is 17.5 Å². The van der Waals surface area contributed by atoms with E-state index < -0.39 is 5.54 Å². The molecule has 3 aliphatic rings. The molecule has 144 valence electrons. The summed E-state index contributed by atoms with van der Waals surface area (Å²) in [6, 6.07) is 19.4. The lowest BCUT2D eigenvalue weighted by Gasteiger charge is -2.31. The Morgan fingerprint density at radius 2 is 1.37 bits per heavy atom. The molecule has 30 heavy (non-hydrogen) atoms. The van der Waals surface area contributed by atoms with E-state index >= 15 is 0 Å². The SMILES string of the molecule is COc1ccc2c(c1)C1=C(C(=O)c3ccccc3C1=O)C21NC(=O)c2ccccc21. The van der Waals surface area contributed by atoms with Crippen LogP contribution in [0.25, 0.3) is 5.57 Å². The van der Waals surface area contributed by atoms with Gasteiger partial charge in [0.15, 0.2) is 11.6 Å². The van der Waals surface area contributed by atoms with Crippen LogP contribution in [0.1, 0.15) is 47.8 Å². The Balaban J connectivity index is 1.76. The predicted octanol–water partition coefficient (Wildman–Crippen LogP) is 3.53. The first-order valence-corrected chi connectivity index (χ1v) is 9.62. The summed E-state index contributed by atoms with van der Waals surface area (Å²) in [4.78, 5) is 40.2. The molecule has 1 heterocycles. The number of fused-ring (bicyclic) bond motifs is 7. The molecule has 0 aromatic heterocycles. The number of ether oxygens (including phenoxy) is 1. The number of nitrogens with one attached hydrogen (secondary N) is 1. The normalized spacial score (nSPS) is 20.6. The highest BCUT2D eigenvalue weighted by Gasteiger charge is 2.57. The van der Waals surface area contributed by atoms with E-state index in [2.05, 4.69) is 5.32 Å². The molecule has 0 saturated carbocycles. The Bertz CT molecular complexity index is 1370. The Labute approximate surface area is 172 Å². The third-order valence-corrected chi connectivity index (χ3v) is 6.27.